The van der Waals surface area contributed by atoms with Gasteiger partial charge in [-0.3, -0.25) is 4.79 Å². The molecule has 0 aromatic carbocycles. The molecule has 1 aliphatic heterocycles. The van der Waals surface area contributed by atoms with E-state index in [0.717, 1.165) is 5.71 Å². The topological polar surface area (TPSA) is 53.2 Å². The predicted molar refractivity (Wildman–Crippen MR) is 45.5 cm³/mol. The number of aliphatic imine (C=N–C) groups is 1. The van der Waals surface area contributed by atoms with Gasteiger partial charge >= 0.3 is 0 Å². The van der Waals surface area contributed by atoms with Gasteiger partial charge in [0.05, 0.1) is 6.07 Å². The maximum atomic E-state index is 11.1. The van der Waals surface area contributed by atoms with Crippen LogP contribution >= 0.6 is 0 Å². The fourth-order valence-electron chi connectivity index (χ4n) is 0.931. The highest BCUT2D eigenvalue weighted by molar-refractivity contribution is 6.07. The number of allylic oxidation sites excluding steroid dienone is 1. The highest BCUT2D eigenvalue weighted by Crippen LogP contribution is 2.11. The molecule has 62 valence electrons. The van der Waals surface area contributed by atoms with Crippen LogP contribution in [0.2, 0.25) is 0 Å². The first-order chi connectivity index (χ1) is 5.65. The van der Waals surface area contributed by atoms with Gasteiger partial charge in [-0.05, 0) is 12.0 Å². The summed E-state index contributed by atoms with van der Waals surface area (Å²) in [7, 11) is 0. The first kappa shape index (κ1) is 8.66. The SMILES string of the molecule is CC(C)C1=NC(=O)C(C#N)C=C1. The lowest BCUT2D eigenvalue weighted by atomic mass is 10.0. The highest BCUT2D eigenvalue weighted by Gasteiger charge is 2.19. The van der Waals surface area contributed by atoms with Crippen LogP contribution in [0.15, 0.2) is 17.1 Å². The molecule has 1 unspecified atom stereocenters. The average Bonchev–Trinajstić information content (AvgIpc) is 2.04. The number of hydrogen-bond donors (Lipinski definition) is 0. The van der Waals surface area contributed by atoms with Crippen LogP contribution in [0.4, 0.5) is 0 Å². The van der Waals surface area contributed by atoms with Crippen molar-refractivity contribution in [2.45, 2.75) is 13.8 Å². The zero-order valence-electron chi connectivity index (χ0n) is 7.11. The van der Waals surface area contributed by atoms with Crippen molar-refractivity contribution in [2.24, 2.45) is 16.8 Å². The van der Waals surface area contributed by atoms with E-state index < -0.39 is 5.92 Å². The Kier molecular flexibility index (Phi) is 2.39. The number of carbonyl (C=O) groups is 1. The van der Waals surface area contributed by atoms with Gasteiger partial charge in [-0.15, -0.1) is 0 Å². The molecule has 3 heteroatoms. The summed E-state index contributed by atoms with van der Waals surface area (Å²) in [6.45, 7) is 3.92. The normalized spacial score (nSPS) is 22.3. The summed E-state index contributed by atoms with van der Waals surface area (Å²) < 4.78 is 0. The molecular formula is C9H10N2O. The van der Waals surface area contributed by atoms with Crippen LogP contribution in [0.1, 0.15) is 13.8 Å². The van der Waals surface area contributed by atoms with Gasteiger partial charge in [0.25, 0.3) is 5.91 Å². The molecule has 0 saturated carbocycles. The van der Waals surface area contributed by atoms with Gasteiger partial charge in [0.2, 0.25) is 0 Å². The minimum Gasteiger partial charge on any atom is -0.271 e. The van der Waals surface area contributed by atoms with Gasteiger partial charge in [0.1, 0.15) is 5.92 Å². The van der Waals surface area contributed by atoms with E-state index in [1.165, 1.54) is 0 Å². The Balaban J connectivity index is 2.85. The molecule has 0 aromatic heterocycles. The van der Waals surface area contributed by atoms with E-state index in [9.17, 15) is 4.79 Å². The molecular weight excluding hydrogens is 152 g/mol. The zero-order valence-corrected chi connectivity index (χ0v) is 7.11. The first-order valence-corrected chi connectivity index (χ1v) is 3.85. The summed E-state index contributed by atoms with van der Waals surface area (Å²) in [5.74, 6) is -0.777. The monoisotopic (exact) mass is 162 g/mol. The van der Waals surface area contributed by atoms with E-state index in [4.69, 9.17) is 5.26 Å². The average molecular weight is 162 g/mol. The first-order valence-electron chi connectivity index (χ1n) is 3.85. The third-order valence-electron chi connectivity index (χ3n) is 1.70. The van der Waals surface area contributed by atoms with Gasteiger partial charge in [-0.25, -0.2) is 4.99 Å². The van der Waals surface area contributed by atoms with Gasteiger partial charge in [-0.1, -0.05) is 19.9 Å². The Morgan fingerprint density at radius 3 is 2.75 bits per heavy atom. The number of rotatable bonds is 1. The van der Waals surface area contributed by atoms with Crippen molar-refractivity contribution < 1.29 is 4.79 Å². The fourth-order valence-corrected chi connectivity index (χ4v) is 0.931. The van der Waals surface area contributed by atoms with Gasteiger partial charge in [0, 0.05) is 5.71 Å². The molecule has 0 fully saturated rings. The second-order valence-electron chi connectivity index (χ2n) is 3.00. The van der Waals surface area contributed by atoms with Crippen LogP contribution in [0.25, 0.3) is 0 Å². The van der Waals surface area contributed by atoms with Gasteiger partial charge in [-0.2, -0.15) is 5.26 Å². The predicted octanol–water partition coefficient (Wildman–Crippen LogP) is 1.32. The number of amides is 1. The van der Waals surface area contributed by atoms with Crippen molar-refractivity contribution in [3.8, 4) is 6.07 Å². The third kappa shape index (κ3) is 1.59. The van der Waals surface area contributed by atoms with E-state index in [1.54, 1.807) is 12.2 Å². The Morgan fingerprint density at radius 1 is 1.67 bits per heavy atom. The smallest absolute Gasteiger partial charge is 0.267 e. The molecule has 1 amide bonds. The highest BCUT2D eigenvalue weighted by atomic mass is 16.1. The van der Waals surface area contributed by atoms with Crippen molar-refractivity contribution in [2.75, 3.05) is 0 Å². The van der Waals surface area contributed by atoms with Crippen molar-refractivity contribution in [1.82, 2.24) is 0 Å². The van der Waals surface area contributed by atoms with E-state index in [1.807, 2.05) is 19.9 Å². The molecule has 0 spiro atoms. The maximum Gasteiger partial charge on any atom is 0.267 e. The Morgan fingerprint density at radius 2 is 2.33 bits per heavy atom. The largest absolute Gasteiger partial charge is 0.271 e. The minimum atomic E-state index is -0.674. The quantitative estimate of drug-likeness (QED) is 0.583. The molecule has 12 heavy (non-hydrogen) atoms. The summed E-state index contributed by atoms with van der Waals surface area (Å²) in [6, 6.07) is 1.87. The summed E-state index contributed by atoms with van der Waals surface area (Å²) in [5, 5.41) is 8.49. The lowest BCUT2D eigenvalue weighted by molar-refractivity contribution is -0.118. The maximum absolute atomic E-state index is 11.1. The molecule has 1 atom stereocenters. The summed E-state index contributed by atoms with van der Waals surface area (Å²) >= 11 is 0. The number of nitrogens with zero attached hydrogens (tertiary/aromatic N) is 2. The number of hydrogen-bond acceptors (Lipinski definition) is 2. The van der Waals surface area contributed by atoms with Crippen LogP contribution in [-0.2, 0) is 4.79 Å². The Labute approximate surface area is 71.4 Å². The van der Waals surface area contributed by atoms with E-state index in [0.29, 0.717) is 0 Å². The van der Waals surface area contributed by atoms with Crippen molar-refractivity contribution in [3.05, 3.63) is 12.2 Å². The molecule has 0 N–H and O–H groups in total. The third-order valence-corrected chi connectivity index (χ3v) is 1.70. The van der Waals surface area contributed by atoms with Crippen molar-refractivity contribution >= 4 is 11.6 Å². The van der Waals surface area contributed by atoms with Gasteiger partial charge < -0.3 is 0 Å². The number of carbonyl (C=O) groups excluding carboxylic acids is 1. The molecule has 0 aromatic rings. The van der Waals surface area contributed by atoms with Gasteiger partial charge in [0.15, 0.2) is 0 Å². The Hall–Kier alpha value is -1.43. The van der Waals surface area contributed by atoms with E-state index in [2.05, 4.69) is 4.99 Å². The summed E-state index contributed by atoms with van der Waals surface area (Å²) in [5.41, 5.74) is 0.756. The van der Waals surface area contributed by atoms with Crippen LogP contribution < -0.4 is 0 Å². The molecule has 3 nitrogen and oxygen atoms in total. The lowest BCUT2D eigenvalue weighted by Crippen LogP contribution is -2.17. The standard InChI is InChI=1S/C9H10N2O/c1-6(2)8-4-3-7(5-10)9(12)11-8/h3-4,6-7H,1-2H3. The van der Waals surface area contributed by atoms with Crippen LogP contribution in [0, 0.1) is 23.2 Å². The number of dihydropyridines is 1. The zero-order chi connectivity index (χ0) is 9.14. The molecule has 0 radical (unpaired) electrons. The molecule has 1 aliphatic rings. The van der Waals surface area contributed by atoms with Crippen LogP contribution in [0.5, 0.6) is 0 Å². The molecule has 0 bridgehead atoms. The lowest BCUT2D eigenvalue weighted by Gasteiger charge is -2.10. The summed E-state index contributed by atoms with van der Waals surface area (Å²) in [4.78, 5) is 14.9. The minimum absolute atomic E-state index is 0.241. The second-order valence-corrected chi connectivity index (χ2v) is 3.00. The van der Waals surface area contributed by atoms with Crippen molar-refractivity contribution in [1.29, 1.82) is 5.26 Å². The summed E-state index contributed by atoms with van der Waals surface area (Å²) in [6.07, 6.45) is 3.35. The Bertz CT molecular complexity index is 294. The molecule has 1 rings (SSSR count). The molecule has 0 aliphatic carbocycles. The number of nitriles is 1. The van der Waals surface area contributed by atoms with Crippen LogP contribution in [0.3, 0.4) is 0 Å². The second kappa shape index (κ2) is 3.31. The molecule has 1 heterocycles. The van der Waals surface area contributed by atoms with E-state index >= 15 is 0 Å². The van der Waals surface area contributed by atoms with Crippen LogP contribution in [-0.4, -0.2) is 11.6 Å². The van der Waals surface area contributed by atoms with Crippen molar-refractivity contribution in [3.63, 3.8) is 0 Å². The fraction of sp³-hybridized carbons (Fsp3) is 0.444. The molecule has 0 saturated heterocycles. The van der Waals surface area contributed by atoms with E-state index in [-0.39, 0.29) is 11.8 Å².